The van der Waals surface area contributed by atoms with Crippen molar-refractivity contribution >= 4 is 34.9 Å². The molecule has 1 aromatic carbocycles. The summed E-state index contributed by atoms with van der Waals surface area (Å²) in [6.07, 6.45) is -1.09. The maximum Gasteiger partial charge on any atom is 0.355 e. The van der Waals surface area contributed by atoms with Crippen LogP contribution in [0.5, 0.6) is 0 Å². The van der Waals surface area contributed by atoms with E-state index in [-0.39, 0.29) is 22.1 Å². The number of halogens is 1. The van der Waals surface area contributed by atoms with Crippen molar-refractivity contribution in [2.24, 2.45) is 0 Å². The van der Waals surface area contributed by atoms with Gasteiger partial charge < -0.3 is 15.0 Å². The average Bonchev–Trinajstić information content (AvgIpc) is 2.89. The summed E-state index contributed by atoms with van der Waals surface area (Å²) in [5, 5.41) is 11.6. The van der Waals surface area contributed by atoms with Crippen LogP contribution in [0.25, 0.3) is 0 Å². The third-order valence-corrected chi connectivity index (χ3v) is 4.32. The molecule has 1 aromatic heterocycles. The Hall–Kier alpha value is -3.11. The zero-order valence-electron chi connectivity index (χ0n) is 15.3. The van der Waals surface area contributed by atoms with Gasteiger partial charge in [0.2, 0.25) is 0 Å². The summed E-state index contributed by atoms with van der Waals surface area (Å²) < 4.78 is 5.20. The lowest BCUT2D eigenvalue weighted by Crippen LogP contribution is -2.30. The number of anilines is 1. The molecule has 0 saturated heterocycles. The number of nitriles is 1. The number of ether oxygens (including phenoxy) is 1. The molecule has 0 aliphatic carbocycles. The molecule has 0 unspecified atom stereocenters. The van der Waals surface area contributed by atoms with Gasteiger partial charge in [0.15, 0.2) is 11.9 Å². The maximum absolute atomic E-state index is 12.4. The van der Waals surface area contributed by atoms with E-state index in [4.69, 9.17) is 21.6 Å². The van der Waals surface area contributed by atoms with E-state index >= 15 is 0 Å². The van der Waals surface area contributed by atoms with Crippen molar-refractivity contribution in [1.82, 2.24) is 4.98 Å². The van der Waals surface area contributed by atoms with Gasteiger partial charge in [-0.1, -0.05) is 11.6 Å². The number of benzene rings is 1. The second kappa shape index (κ2) is 8.06. The van der Waals surface area contributed by atoms with Gasteiger partial charge in [-0.05, 0) is 51.5 Å². The van der Waals surface area contributed by atoms with Crippen LogP contribution in [0.2, 0.25) is 5.02 Å². The number of carbonyl (C=O) groups excluding carboxylic acids is 3. The number of esters is 1. The molecule has 0 bridgehead atoms. The minimum atomic E-state index is -1.09. The van der Waals surface area contributed by atoms with E-state index < -0.39 is 18.0 Å². The number of ketones is 1. The average molecular weight is 388 g/mol. The quantitative estimate of drug-likeness (QED) is 0.601. The molecule has 2 aromatic rings. The topological polar surface area (TPSA) is 112 Å². The van der Waals surface area contributed by atoms with Crippen molar-refractivity contribution in [1.29, 1.82) is 5.26 Å². The Bertz CT molecular complexity index is 972. The highest BCUT2D eigenvalue weighted by Crippen LogP contribution is 2.21. The minimum absolute atomic E-state index is 0.138. The normalized spacial score (nSPS) is 11.4. The molecular weight excluding hydrogens is 370 g/mol. The van der Waals surface area contributed by atoms with Gasteiger partial charge in [-0.15, -0.1) is 0 Å². The third kappa shape index (κ3) is 4.36. The fourth-order valence-electron chi connectivity index (χ4n) is 2.68. The van der Waals surface area contributed by atoms with Crippen LogP contribution >= 0.6 is 11.6 Å². The first kappa shape index (κ1) is 20.2. The molecule has 8 heteroatoms. The van der Waals surface area contributed by atoms with Gasteiger partial charge in [0.05, 0.1) is 10.6 Å². The zero-order chi connectivity index (χ0) is 20.3. The first-order valence-electron chi connectivity index (χ1n) is 8.07. The summed E-state index contributed by atoms with van der Waals surface area (Å²) in [6.45, 7) is 6.16. The van der Waals surface area contributed by atoms with E-state index in [1.165, 1.54) is 32.0 Å². The summed E-state index contributed by atoms with van der Waals surface area (Å²) in [4.78, 5) is 39.1. The highest BCUT2D eigenvalue weighted by atomic mass is 35.5. The molecule has 140 valence electrons. The van der Waals surface area contributed by atoms with Crippen molar-refractivity contribution in [3.8, 4) is 6.07 Å². The largest absolute Gasteiger partial charge is 0.448 e. The first-order valence-corrected chi connectivity index (χ1v) is 8.45. The number of aromatic nitrogens is 1. The molecule has 0 saturated carbocycles. The molecule has 27 heavy (non-hydrogen) atoms. The number of Topliss-reactive ketones (excluding diaryl/α,β-unsaturated/α-hetero) is 1. The molecular formula is C19H18ClN3O4. The lowest BCUT2D eigenvalue weighted by molar-refractivity contribution is -0.123. The van der Waals surface area contributed by atoms with E-state index in [0.717, 1.165) is 0 Å². The number of rotatable bonds is 5. The van der Waals surface area contributed by atoms with Gasteiger partial charge in [0.25, 0.3) is 5.91 Å². The number of carbonyl (C=O) groups is 3. The highest BCUT2D eigenvalue weighted by Gasteiger charge is 2.24. The molecule has 2 N–H and O–H groups in total. The van der Waals surface area contributed by atoms with Crippen LogP contribution in [0.15, 0.2) is 18.2 Å². The van der Waals surface area contributed by atoms with Crippen molar-refractivity contribution in [2.45, 2.75) is 33.8 Å². The summed E-state index contributed by atoms with van der Waals surface area (Å²) in [6, 6.07) is 6.35. The predicted molar refractivity (Wildman–Crippen MR) is 99.9 cm³/mol. The second-order valence-corrected chi connectivity index (χ2v) is 6.43. The van der Waals surface area contributed by atoms with E-state index in [1.54, 1.807) is 13.8 Å². The summed E-state index contributed by atoms with van der Waals surface area (Å²) in [5.41, 5.74) is 2.28. The Morgan fingerprint density at radius 2 is 1.96 bits per heavy atom. The minimum Gasteiger partial charge on any atom is -0.448 e. The summed E-state index contributed by atoms with van der Waals surface area (Å²) in [7, 11) is 0. The van der Waals surface area contributed by atoms with E-state index in [0.29, 0.717) is 22.5 Å². The Kier molecular flexibility index (Phi) is 6.03. The van der Waals surface area contributed by atoms with Crippen LogP contribution in [-0.2, 0) is 9.53 Å². The lowest BCUT2D eigenvalue weighted by atomic mass is 10.1. The van der Waals surface area contributed by atoms with Gasteiger partial charge in [-0.25, -0.2) is 4.79 Å². The summed E-state index contributed by atoms with van der Waals surface area (Å²) in [5.74, 6) is -1.45. The molecule has 1 amide bonds. The molecule has 2 rings (SSSR count). The molecule has 1 heterocycles. The van der Waals surface area contributed by atoms with Gasteiger partial charge in [-0.3, -0.25) is 9.59 Å². The molecule has 0 fully saturated rings. The van der Waals surface area contributed by atoms with Gasteiger partial charge in [-0.2, -0.15) is 5.26 Å². The number of nitrogens with one attached hydrogen (secondary N) is 2. The van der Waals surface area contributed by atoms with Gasteiger partial charge in [0.1, 0.15) is 11.8 Å². The monoisotopic (exact) mass is 387 g/mol. The number of aryl methyl sites for hydroxylation is 1. The van der Waals surface area contributed by atoms with Crippen molar-refractivity contribution in [3.63, 3.8) is 0 Å². The zero-order valence-corrected chi connectivity index (χ0v) is 16.0. The Labute approximate surface area is 161 Å². The number of amides is 1. The number of nitrogens with zero attached hydrogens (tertiary/aromatic N) is 1. The molecule has 0 spiro atoms. The molecule has 0 aliphatic heterocycles. The van der Waals surface area contributed by atoms with Crippen molar-refractivity contribution < 1.29 is 19.1 Å². The van der Waals surface area contributed by atoms with E-state index in [2.05, 4.69) is 10.3 Å². The second-order valence-electron chi connectivity index (χ2n) is 6.02. The van der Waals surface area contributed by atoms with Crippen molar-refractivity contribution in [2.75, 3.05) is 5.32 Å². The number of aromatic amines is 1. The fraction of sp³-hybridized carbons (Fsp3) is 0.263. The predicted octanol–water partition coefficient (Wildman–Crippen LogP) is 3.54. The molecule has 0 aliphatic rings. The molecule has 7 nitrogen and oxygen atoms in total. The Morgan fingerprint density at radius 3 is 2.48 bits per heavy atom. The fourth-order valence-corrected chi connectivity index (χ4v) is 2.91. The first-order chi connectivity index (χ1) is 12.6. The summed E-state index contributed by atoms with van der Waals surface area (Å²) >= 11 is 5.93. The number of hydrogen-bond acceptors (Lipinski definition) is 5. The van der Waals surface area contributed by atoms with Crippen LogP contribution in [-0.4, -0.2) is 28.7 Å². The molecule has 1 atom stereocenters. The highest BCUT2D eigenvalue weighted by molar-refractivity contribution is 6.32. The SMILES string of the molecule is CC(=O)c1c(C)[nH]c(C(=O)O[C@@H](C)C(=O)Nc2ccc(C#N)c(Cl)c2)c1C. The Balaban J connectivity index is 2.09. The number of H-pyrrole nitrogens is 1. The van der Waals surface area contributed by atoms with Gasteiger partial charge in [0, 0.05) is 16.9 Å². The molecule has 0 radical (unpaired) electrons. The van der Waals surface area contributed by atoms with Crippen LogP contribution < -0.4 is 5.32 Å². The standard InChI is InChI=1S/C19H18ClN3O4/c1-9-16(11(3)24)10(2)22-17(9)19(26)27-12(4)18(25)23-14-6-5-13(8-21)15(20)7-14/h5-7,12,22H,1-4H3,(H,23,25)/t12-/m0/s1. The lowest BCUT2D eigenvalue weighted by Gasteiger charge is -2.14. The smallest absolute Gasteiger partial charge is 0.355 e. The van der Waals surface area contributed by atoms with Crippen LogP contribution in [0.4, 0.5) is 5.69 Å². The van der Waals surface area contributed by atoms with Crippen LogP contribution in [0, 0.1) is 25.2 Å². The Morgan fingerprint density at radius 1 is 1.30 bits per heavy atom. The van der Waals surface area contributed by atoms with Crippen molar-refractivity contribution in [3.05, 3.63) is 51.3 Å². The van der Waals surface area contributed by atoms with E-state index in [9.17, 15) is 14.4 Å². The number of hydrogen-bond donors (Lipinski definition) is 2. The van der Waals surface area contributed by atoms with E-state index in [1.807, 2.05) is 6.07 Å². The van der Waals surface area contributed by atoms with Gasteiger partial charge >= 0.3 is 5.97 Å². The third-order valence-electron chi connectivity index (χ3n) is 4.00. The van der Waals surface area contributed by atoms with Crippen LogP contribution in [0.3, 0.4) is 0 Å². The van der Waals surface area contributed by atoms with Crippen LogP contribution in [0.1, 0.15) is 51.5 Å². The maximum atomic E-state index is 12.4.